The zero-order valence-corrected chi connectivity index (χ0v) is 19.2. The molecule has 1 aromatic heterocycles. The van der Waals surface area contributed by atoms with E-state index in [2.05, 4.69) is 9.97 Å². The highest BCUT2D eigenvalue weighted by Gasteiger charge is 2.42. The Bertz CT molecular complexity index is 1450. The number of nitrogens with two attached hydrogens (primary N) is 1. The molecule has 2 aromatic carbocycles. The highest BCUT2D eigenvalue weighted by Crippen LogP contribution is 2.65. The van der Waals surface area contributed by atoms with Gasteiger partial charge < -0.3 is 15.2 Å². The molecule has 4 N–H and O–H groups in total. The second kappa shape index (κ2) is 7.81. The van der Waals surface area contributed by atoms with E-state index in [1.807, 2.05) is 54.6 Å². The molecule has 8 nitrogen and oxygen atoms in total. The van der Waals surface area contributed by atoms with E-state index in [1.54, 1.807) is 7.11 Å². The minimum absolute atomic E-state index is 0.0473. The fourth-order valence-corrected chi connectivity index (χ4v) is 8.92. The van der Waals surface area contributed by atoms with Gasteiger partial charge in [0.1, 0.15) is 11.1 Å². The van der Waals surface area contributed by atoms with Gasteiger partial charge in [0.2, 0.25) is 11.8 Å². The fraction of sp³-hybridized carbons (Fsp3) is 0.0952. The number of nitrogens with zero attached hydrogens (tertiary/aromatic N) is 1. The van der Waals surface area contributed by atoms with E-state index in [1.165, 1.54) is 11.4 Å². The van der Waals surface area contributed by atoms with Crippen LogP contribution < -0.4 is 31.8 Å². The highest BCUT2D eigenvalue weighted by molar-refractivity contribution is 8.74. The lowest BCUT2D eigenvalue weighted by Crippen LogP contribution is -2.37. The molecule has 2 aliphatic rings. The first kappa shape index (κ1) is 20.8. The van der Waals surface area contributed by atoms with Crippen molar-refractivity contribution in [2.75, 3.05) is 7.11 Å². The summed E-state index contributed by atoms with van der Waals surface area (Å²) < 4.78 is 16.0. The van der Waals surface area contributed by atoms with Crippen LogP contribution in [0.5, 0.6) is 11.6 Å². The van der Waals surface area contributed by atoms with Gasteiger partial charge in [-0.2, -0.15) is 0 Å². The number of methoxy groups -OCH3 is 1. The summed E-state index contributed by atoms with van der Waals surface area (Å²) >= 11 is 7.28. The van der Waals surface area contributed by atoms with Gasteiger partial charge in [-0.3, -0.25) is 14.8 Å². The number of H-pyrrole nitrogens is 2. The van der Waals surface area contributed by atoms with Crippen LogP contribution in [-0.2, 0) is 11.8 Å². The molecular weight excluding hydrogens is 467 g/mol. The van der Waals surface area contributed by atoms with Crippen LogP contribution in [0.15, 0.2) is 79.6 Å². The molecule has 11 heteroatoms. The van der Waals surface area contributed by atoms with E-state index >= 15 is 0 Å². The topological polar surface area (TPSA) is 123 Å². The highest BCUT2D eigenvalue weighted by atomic mass is 32.9. The molecule has 5 rings (SSSR count). The first-order valence-electron chi connectivity index (χ1n) is 9.53. The van der Waals surface area contributed by atoms with Gasteiger partial charge >= 0.3 is 5.69 Å². The summed E-state index contributed by atoms with van der Waals surface area (Å²) in [6, 6.07) is 16.8. The maximum absolute atomic E-state index is 12.8. The Hall–Kier alpha value is -3.07. The molecule has 0 aliphatic carbocycles. The van der Waals surface area contributed by atoms with Gasteiger partial charge in [0, 0.05) is 5.30 Å². The van der Waals surface area contributed by atoms with Crippen molar-refractivity contribution in [2.45, 2.75) is 5.92 Å². The van der Waals surface area contributed by atoms with E-state index in [-0.39, 0.29) is 17.3 Å². The molecular formula is C21H17N4O4PS2. The summed E-state index contributed by atoms with van der Waals surface area (Å²) in [5, 5.41) is -1.32. The molecule has 2 unspecified atom stereocenters. The van der Waals surface area contributed by atoms with Crippen molar-refractivity contribution in [3.8, 4) is 11.6 Å². The Kier molecular flexibility index (Phi) is 5.08. The maximum Gasteiger partial charge on any atom is 0.328 e. The van der Waals surface area contributed by atoms with Crippen molar-refractivity contribution in [1.82, 2.24) is 9.97 Å². The second-order valence-electron chi connectivity index (χ2n) is 7.09. The first-order valence-corrected chi connectivity index (χ1v) is 13.7. The van der Waals surface area contributed by atoms with Crippen LogP contribution >= 0.6 is 16.8 Å². The van der Waals surface area contributed by atoms with E-state index < -0.39 is 22.6 Å². The van der Waals surface area contributed by atoms with E-state index in [9.17, 15) is 9.59 Å². The minimum Gasteiger partial charge on any atom is -0.497 e. The molecule has 0 radical (unpaired) electrons. The van der Waals surface area contributed by atoms with Crippen molar-refractivity contribution in [2.24, 2.45) is 10.5 Å². The van der Waals surface area contributed by atoms with Crippen molar-refractivity contribution >= 4 is 39.8 Å². The van der Waals surface area contributed by atoms with E-state index in [0.29, 0.717) is 16.4 Å². The van der Waals surface area contributed by atoms with Gasteiger partial charge in [0.05, 0.1) is 29.2 Å². The van der Waals surface area contributed by atoms with Crippen molar-refractivity contribution in [3.63, 3.8) is 0 Å². The Balaban J connectivity index is 1.72. The number of ether oxygens (including phenoxy) is 2. The maximum atomic E-state index is 12.8. The number of fused-ring (bicyclic) bond motifs is 2. The third-order valence-electron chi connectivity index (χ3n) is 5.19. The van der Waals surface area contributed by atoms with Crippen LogP contribution in [0.25, 0.3) is 0 Å². The lowest BCUT2D eigenvalue weighted by molar-refractivity contribution is 0.415. The standard InChI is InChI=1S/C21H17N4O4PS2/c1-28-12-7-9-13(10-8-12)30(31)25-20-15(17(22)32-30)14(11-5-3-2-4-6-11)16-18(26)23-21(27)24-19(16)29-20/h2-10,14H,22H2,1H3,(H2,23,24,26,27). The molecule has 2 atom stereocenters. The number of nitrogens with one attached hydrogen (secondary N) is 2. The Morgan fingerprint density at radius 3 is 2.53 bits per heavy atom. The number of benzene rings is 2. The predicted molar refractivity (Wildman–Crippen MR) is 130 cm³/mol. The number of aromatic amines is 2. The summed E-state index contributed by atoms with van der Waals surface area (Å²) in [6.45, 7) is 0. The lowest BCUT2D eigenvalue weighted by Gasteiger charge is -2.33. The second-order valence-corrected chi connectivity index (χ2v) is 13.9. The summed E-state index contributed by atoms with van der Waals surface area (Å²) in [4.78, 5) is 29.6. The summed E-state index contributed by atoms with van der Waals surface area (Å²) in [6.07, 6.45) is 0. The number of hydrogen-bond donors (Lipinski definition) is 3. The summed E-state index contributed by atoms with van der Waals surface area (Å²) in [7, 11) is 1.59. The molecule has 2 aliphatic heterocycles. The number of aromatic nitrogens is 2. The van der Waals surface area contributed by atoms with Crippen LogP contribution in [0.3, 0.4) is 0 Å². The first-order chi connectivity index (χ1) is 15.4. The zero-order chi connectivity index (χ0) is 22.5. The Morgan fingerprint density at radius 2 is 1.84 bits per heavy atom. The molecule has 32 heavy (non-hydrogen) atoms. The van der Waals surface area contributed by atoms with E-state index in [0.717, 1.165) is 10.9 Å². The molecule has 0 saturated carbocycles. The van der Waals surface area contributed by atoms with E-state index in [4.69, 9.17) is 31.8 Å². The lowest BCUT2D eigenvalue weighted by atomic mass is 9.84. The molecule has 162 valence electrons. The molecule has 3 aromatic rings. The third-order valence-corrected chi connectivity index (χ3v) is 11.0. The minimum atomic E-state index is -2.60. The Labute approximate surface area is 191 Å². The van der Waals surface area contributed by atoms with Crippen molar-refractivity contribution in [3.05, 3.63) is 97.2 Å². The average molecular weight is 484 g/mol. The largest absolute Gasteiger partial charge is 0.497 e. The smallest absolute Gasteiger partial charge is 0.328 e. The SMILES string of the molecule is COc1ccc(P2(=S)N=C3Oc4[nH]c(=O)[nH]c(=O)c4C(c4ccccc4)C3=C(N)S2)cc1. The Morgan fingerprint density at radius 1 is 1.12 bits per heavy atom. The van der Waals surface area contributed by atoms with Gasteiger partial charge in [0.15, 0.2) is 0 Å². The van der Waals surface area contributed by atoms with Crippen molar-refractivity contribution in [1.29, 1.82) is 0 Å². The van der Waals surface area contributed by atoms with Gasteiger partial charge in [0.25, 0.3) is 5.56 Å². The van der Waals surface area contributed by atoms with Crippen LogP contribution in [-0.4, -0.2) is 23.0 Å². The average Bonchev–Trinajstić information content (AvgIpc) is 2.78. The number of hydrogen-bond acceptors (Lipinski definition) is 7. The molecule has 0 amide bonds. The normalized spacial score (nSPS) is 21.8. The van der Waals surface area contributed by atoms with Gasteiger partial charge in [-0.15, -0.1) is 0 Å². The zero-order valence-electron chi connectivity index (χ0n) is 16.7. The molecule has 0 bridgehead atoms. The fourth-order valence-electron chi connectivity index (χ4n) is 3.74. The van der Waals surface area contributed by atoms with Gasteiger partial charge in [-0.1, -0.05) is 42.1 Å². The van der Waals surface area contributed by atoms with Crippen LogP contribution in [0.2, 0.25) is 0 Å². The van der Waals surface area contributed by atoms with Crippen LogP contribution in [0.1, 0.15) is 17.0 Å². The molecule has 0 saturated heterocycles. The summed E-state index contributed by atoms with van der Waals surface area (Å²) in [5.41, 5.74) is 7.01. The van der Waals surface area contributed by atoms with Crippen molar-refractivity contribution < 1.29 is 9.47 Å². The number of rotatable bonds is 3. The van der Waals surface area contributed by atoms with Crippen LogP contribution in [0, 0.1) is 0 Å². The molecule has 0 fully saturated rings. The molecule has 3 heterocycles. The van der Waals surface area contributed by atoms with Crippen LogP contribution in [0.4, 0.5) is 0 Å². The molecule has 0 spiro atoms. The monoisotopic (exact) mass is 484 g/mol. The quantitative estimate of drug-likeness (QED) is 0.489. The van der Waals surface area contributed by atoms with Gasteiger partial charge in [-0.25, -0.2) is 9.56 Å². The summed E-state index contributed by atoms with van der Waals surface area (Å²) in [5.74, 6) is 0.415. The predicted octanol–water partition coefficient (Wildman–Crippen LogP) is 2.55. The third kappa shape index (κ3) is 3.40. The van der Waals surface area contributed by atoms with Gasteiger partial charge in [-0.05, 0) is 41.2 Å².